The van der Waals surface area contributed by atoms with Crippen molar-refractivity contribution < 1.29 is 9.59 Å². The highest BCUT2D eigenvalue weighted by Crippen LogP contribution is 2.66. The quantitative estimate of drug-likeness (QED) is 0.599. The summed E-state index contributed by atoms with van der Waals surface area (Å²) in [4.78, 5) is 25.0. The van der Waals surface area contributed by atoms with Crippen molar-refractivity contribution >= 4 is 11.6 Å². The molecule has 0 saturated heterocycles. The van der Waals surface area contributed by atoms with Gasteiger partial charge >= 0.3 is 0 Å². The number of Topliss-reactive ketones (excluding diaryl/α,β-unsaturated/α-hetero) is 1. The first-order valence-corrected chi connectivity index (χ1v) is 10.8. The molecule has 3 saturated carbocycles. The average Bonchev–Trinajstić information content (AvgIpc) is 2.94. The summed E-state index contributed by atoms with van der Waals surface area (Å²) in [5.74, 6) is 2.91. The van der Waals surface area contributed by atoms with Crippen LogP contribution in [0.1, 0.15) is 79.1 Å². The van der Waals surface area contributed by atoms with E-state index in [1.165, 1.54) is 25.7 Å². The van der Waals surface area contributed by atoms with Gasteiger partial charge in [-0.05, 0) is 86.0 Å². The summed E-state index contributed by atoms with van der Waals surface area (Å²) < 4.78 is 0. The number of ketones is 2. The largest absolute Gasteiger partial charge is 0.295 e. The van der Waals surface area contributed by atoms with Crippen LogP contribution < -0.4 is 0 Å². The Morgan fingerprint density at radius 3 is 2.65 bits per heavy atom. The number of carbonyl (C=O) groups is 2. The number of fused-ring (bicyclic) bond motifs is 5. The maximum Gasteiger partial charge on any atom is 0.159 e. The lowest BCUT2D eigenvalue weighted by Crippen LogP contribution is -2.52. The zero-order chi connectivity index (χ0) is 18.7. The summed E-state index contributed by atoms with van der Waals surface area (Å²) in [5.41, 5.74) is 2.75. The van der Waals surface area contributed by atoms with E-state index in [0.717, 1.165) is 18.4 Å². The summed E-state index contributed by atoms with van der Waals surface area (Å²) in [6, 6.07) is 0. The minimum absolute atomic E-state index is 0.0539. The third-order valence-electron chi connectivity index (χ3n) is 8.86. The zero-order valence-corrected chi connectivity index (χ0v) is 16.9. The van der Waals surface area contributed by atoms with Crippen LogP contribution in [-0.4, -0.2) is 11.6 Å². The average molecular weight is 355 g/mol. The van der Waals surface area contributed by atoms with Gasteiger partial charge in [-0.1, -0.05) is 32.4 Å². The molecule has 0 aliphatic heterocycles. The van der Waals surface area contributed by atoms with Crippen molar-refractivity contribution in [2.24, 2.45) is 34.5 Å². The molecule has 6 atom stereocenters. The molecule has 142 valence electrons. The Hall–Kier alpha value is -1.18. The molecule has 0 N–H and O–H groups in total. The first kappa shape index (κ1) is 18.2. The van der Waals surface area contributed by atoms with Crippen molar-refractivity contribution in [3.63, 3.8) is 0 Å². The van der Waals surface area contributed by atoms with Crippen molar-refractivity contribution in [1.82, 2.24) is 0 Å². The molecule has 0 spiro atoms. The van der Waals surface area contributed by atoms with Crippen LogP contribution in [0.5, 0.6) is 0 Å². The molecule has 0 aromatic heterocycles. The third kappa shape index (κ3) is 2.43. The molecule has 26 heavy (non-hydrogen) atoms. The van der Waals surface area contributed by atoms with Gasteiger partial charge in [0, 0.05) is 18.4 Å². The Morgan fingerprint density at radius 2 is 1.92 bits per heavy atom. The molecule has 0 amide bonds. The van der Waals surface area contributed by atoms with Crippen molar-refractivity contribution in [1.29, 1.82) is 0 Å². The summed E-state index contributed by atoms with van der Waals surface area (Å²) in [5, 5.41) is 0. The molecule has 4 rings (SSSR count). The lowest BCUT2D eigenvalue weighted by atomic mass is 9.46. The third-order valence-corrected chi connectivity index (χ3v) is 8.86. The van der Waals surface area contributed by atoms with Crippen LogP contribution in [0.3, 0.4) is 0 Å². The van der Waals surface area contributed by atoms with E-state index >= 15 is 0 Å². The summed E-state index contributed by atoms with van der Waals surface area (Å²) in [6.45, 7) is 9.36. The summed E-state index contributed by atoms with van der Waals surface area (Å²) >= 11 is 0. The highest BCUT2D eigenvalue weighted by atomic mass is 16.1. The van der Waals surface area contributed by atoms with Crippen LogP contribution in [0.4, 0.5) is 0 Å². The molecule has 4 aliphatic carbocycles. The van der Waals surface area contributed by atoms with Gasteiger partial charge < -0.3 is 0 Å². The molecule has 0 heterocycles. The Labute approximate surface area is 158 Å². The smallest absolute Gasteiger partial charge is 0.159 e. The van der Waals surface area contributed by atoms with Gasteiger partial charge in [-0.3, -0.25) is 9.59 Å². The Kier molecular flexibility index (Phi) is 4.32. The van der Waals surface area contributed by atoms with Gasteiger partial charge in [0.05, 0.1) is 0 Å². The number of rotatable bonds is 2. The van der Waals surface area contributed by atoms with Gasteiger partial charge in [-0.25, -0.2) is 0 Å². The van der Waals surface area contributed by atoms with Gasteiger partial charge in [-0.2, -0.15) is 0 Å². The number of hydrogen-bond acceptors (Lipinski definition) is 2. The van der Waals surface area contributed by atoms with Crippen LogP contribution in [0.2, 0.25) is 0 Å². The molecule has 0 aromatic rings. The molecule has 5 unspecified atom stereocenters. The molecule has 3 fully saturated rings. The van der Waals surface area contributed by atoms with Crippen LogP contribution >= 0.6 is 0 Å². The van der Waals surface area contributed by atoms with Gasteiger partial charge in [0.2, 0.25) is 0 Å². The van der Waals surface area contributed by atoms with Crippen LogP contribution in [-0.2, 0) is 9.59 Å². The Morgan fingerprint density at radius 1 is 1.15 bits per heavy atom. The second-order valence-corrected chi connectivity index (χ2v) is 9.98. The van der Waals surface area contributed by atoms with Gasteiger partial charge in [0.1, 0.15) is 0 Å². The fraction of sp³-hybridized carbons (Fsp3) is 0.750. The van der Waals surface area contributed by atoms with E-state index in [0.29, 0.717) is 41.9 Å². The monoisotopic (exact) mass is 354 g/mol. The normalized spacial score (nSPS) is 45.7. The highest BCUT2D eigenvalue weighted by Gasteiger charge is 2.60. The second kappa shape index (κ2) is 6.17. The van der Waals surface area contributed by atoms with E-state index in [2.05, 4.69) is 33.8 Å². The van der Waals surface area contributed by atoms with Crippen molar-refractivity contribution in [3.05, 3.63) is 23.3 Å². The SMILES string of the molecule is CCC=C(C)[C@H]1CCC2C3CC(=O)C4=CC(=O)CCC4(C)C3CCC21C. The molecule has 0 aromatic carbocycles. The van der Waals surface area contributed by atoms with Gasteiger partial charge in [0.25, 0.3) is 0 Å². The highest BCUT2D eigenvalue weighted by molar-refractivity contribution is 6.05. The number of carbonyl (C=O) groups excluding carboxylic acids is 2. The van der Waals surface area contributed by atoms with Crippen LogP contribution in [0.25, 0.3) is 0 Å². The first-order valence-electron chi connectivity index (χ1n) is 10.8. The second-order valence-electron chi connectivity index (χ2n) is 9.98. The first-order chi connectivity index (χ1) is 12.3. The maximum absolute atomic E-state index is 13.0. The lowest BCUT2D eigenvalue weighted by Gasteiger charge is -2.57. The van der Waals surface area contributed by atoms with Crippen molar-refractivity contribution in [2.45, 2.75) is 79.1 Å². The predicted octanol–water partition coefficient (Wildman–Crippen LogP) is 5.67. The zero-order valence-electron chi connectivity index (χ0n) is 16.9. The topological polar surface area (TPSA) is 34.1 Å². The molecule has 2 nitrogen and oxygen atoms in total. The van der Waals surface area contributed by atoms with Crippen molar-refractivity contribution in [2.75, 3.05) is 0 Å². The number of hydrogen-bond donors (Lipinski definition) is 0. The molecular formula is C24H34O2. The standard InChI is InChI=1S/C24H34O2/c1-5-6-15(2)18-7-8-19-17-14-22(26)21-13-16(25)9-11-24(21,4)20(17)10-12-23(18,19)3/h6,13,17-20H,5,7-12,14H2,1-4H3/t17?,18-,19?,20?,23?,24?/m1/s1. The number of allylic oxidation sites excluding steroid dienone is 3. The van der Waals surface area contributed by atoms with E-state index < -0.39 is 0 Å². The van der Waals surface area contributed by atoms with E-state index in [4.69, 9.17) is 0 Å². The minimum atomic E-state index is -0.0539. The maximum atomic E-state index is 13.0. The van der Waals surface area contributed by atoms with E-state index in [9.17, 15) is 9.59 Å². The minimum Gasteiger partial charge on any atom is -0.295 e. The van der Waals surface area contributed by atoms with Crippen molar-refractivity contribution in [3.8, 4) is 0 Å². The molecule has 0 bridgehead atoms. The van der Waals surface area contributed by atoms with Gasteiger partial charge in [-0.15, -0.1) is 0 Å². The predicted molar refractivity (Wildman–Crippen MR) is 105 cm³/mol. The molecule has 0 radical (unpaired) electrons. The Bertz CT molecular complexity index is 699. The van der Waals surface area contributed by atoms with Crippen LogP contribution in [0, 0.1) is 34.5 Å². The molecule has 2 heteroatoms. The van der Waals surface area contributed by atoms with Gasteiger partial charge in [0.15, 0.2) is 11.6 Å². The Balaban J connectivity index is 1.68. The molecular weight excluding hydrogens is 320 g/mol. The fourth-order valence-corrected chi connectivity index (χ4v) is 7.60. The van der Waals surface area contributed by atoms with Crippen LogP contribution in [0.15, 0.2) is 23.3 Å². The summed E-state index contributed by atoms with van der Waals surface area (Å²) in [7, 11) is 0. The molecule has 4 aliphatic rings. The van der Waals surface area contributed by atoms with E-state index in [-0.39, 0.29) is 17.0 Å². The summed E-state index contributed by atoms with van der Waals surface area (Å²) in [6.07, 6.45) is 12.5. The fourth-order valence-electron chi connectivity index (χ4n) is 7.60. The van der Waals surface area contributed by atoms with E-state index in [1.807, 2.05) is 0 Å². The van der Waals surface area contributed by atoms with E-state index in [1.54, 1.807) is 11.6 Å². The lowest BCUT2D eigenvalue weighted by molar-refractivity contribution is -0.131.